The van der Waals surface area contributed by atoms with Crippen LogP contribution in [0.25, 0.3) is 121 Å². The Bertz CT molecular complexity index is 3630. The molecule has 282 valence electrons. The standard InChI is InChI=1S/C58H38O2/c1-57(2)47-23-17-33(25-41(47)43-27-45-37-9-5-7-11-51(37)59-53(45)29-49(43)57)35-19-13-31-16-22-40-36(20-14-32-15-21-39(35)55(31)56(32)40)34-18-24-48-42(26-34)44-28-46-38-10-6-8-12-52(38)60-54(46)30-50(44)58(48,3)4/h5-30H,1-4H3. The molecule has 0 amide bonds. The van der Waals surface area contributed by atoms with E-state index in [1.165, 1.54) is 121 Å². The monoisotopic (exact) mass is 766 g/mol. The number of hydrogen-bond acceptors (Lipinski definition) is 2. The Hall–Kier alpha value is -7.16. The first-order chi connectivity index (χ1) is 29.2. The van der Waals surface area contributed by atoms with Gasteiger partial charge in [-0.2, -0.15) is 0 Å². The van der Waals surface area contributed by atoms with Crippen LogP contribution in [0, 0.1) is 0 Å². The molecule has 2 aliphatic carbocycles. The van der Waals surface area contributed by atoms with E-state index < -0.39 is 0 Å². The topological polar surface area (TPSA) is 26.3 Å². The zero-order valence-electron chi connectivity index (χ0n) is 33.8. The fraction of sp³-hybridized carbons (Fsp3) is 0.103. The molecule has 10 aromatic carbocycles. The zero-order valence-corrected chi connectivity index (χ0v) is 33.8. The van der Waals surface area contributed by atoms with Crippen molar-refractivity contribution in [3.63, 3.8) is 0 Å². The molecule has 0 saturated carbocycles. The predicted octanol–water partition coefficient (Wildman–Crippen LogP) is 16.3. The van der Waals surface area contributed by atoms with Crippen molar-refractivity contribution < 1.29 is 8.83 Å². The molecular formula is C58H38O2. The van der Waals surface area contributed by atoms with Crippen LogP contribution >= 0.6 is 0 Å². The number of rotatable bonds is 2. The summed E-state index contributed by atoms with van der Waals surface area (Å²) in [5.41, 5.74) is 19.2. The maximum Gasteiger partial charge on any atom is 0.135 e. The van der Waals surface area contributed by atoms with Crippen molar-refractivity contribution in [1.29, 1.82) is 0 Å². The molecule has 2 heteroatoms. The van der Waals surface area contributed by atoms with Crippen LogP contribution in [0.1, 0.15) is 49.9 Å². The molecule has 0 fully saturated rings. The van der Waals surface area contributed by atoms with Crippen LogP contribution in [-0.4, -0.2) is 0 Å². The predicted molar refractivity (Wildman–Crippen MR) is 251 cm³/mol. The van der Waals surface area contributed by atoms with Gasteiger partial charge >= 0.3 is 0 Å². The number of furan rings is 2. The molecular weight excluding hydrogens is 729 g/mol. The third-order valence-electron chi connectivity index (χ3n) is 14.6. The summed E-state index contributed by atoms with van der Waals surface area (Å²) in [5.74, 6) is 0. The Morgan fingerprint density at radius 3 is 1.18 bits per heavy atom. The lowest BCUT2D eigenvalue weighted by Gasteiger charge is -2.22. The normalized spacial score (nSPS) is 14.9. The van der Waals surface area contributed by atoms with Gasteiger partial charge < -0.3 is 8.83 Å². The Labute approximate surface area is 346 Å². The van der Waals surface area contributed by atoms with E-state index in [1.54, 1.807) is 0 Å². The lowest BCUT2D eigenvalue weighted by molar-refractivity contribution is 0.647. The van der Waals surface area contributed by atoms with Crippen molar-refractivity contribution in [2.45, 2.75) is 38.5 Å². The van der Waals surface area contributed by atoms with E-state index >= 15 is 0 Å². The van der Waals surface area contributed by atoms with Crippen molar-refractivity contribution >= 4 is 76.2 Å². The molecule has 0 atom stereocenters. The van der Waals surface area contributed by atoms with Crippen molar-refractivity contribution in [1.82, 2.24) is 0 Å². The maximum atomic E-state index is 6.37. The molecule has 0 bridgehead atoms. The molecule has 60 heavy (non-hydrogen) atoms. The van der Waals surface area contributed by atoms with Gasteiger partial charge in [-0.05, 0) is 148 Å². The fourth-order valence-corrected chi connectivity index (χ4v) is 11.6. The highest BCUT2D eigenvalue weighted by molar-refractivity contribution is 6.27. The van der Waals surface area contributed by atoms with Crippen LogP contribution < -0.4 is 0 Å². The first kappa shape index (κ1) is 32.8. The molecule has 2 heterocycles. The van der Waals surface area contributed by atoms with Crippen LogP contribution in [0.5, 0.6) is 0 Å². The molecule has 2 aromatic heterocycles. The van der Waals surface area contributed by atoms with E-state index in [9.17, 15) is 0 Å². The van der Waals surface area contributed by atoms with Gasteiger partial charge in [-0.3, -0.25) is 0 Å². The Balaban J connectivity index is 0.938. The van der Waals surface area contributed by atoms with Gasteiger partial charge in [0.1, 0.15) is 22.3 Å². The summed E-state index contributed by atoms with van der Waals surface area (Å²) in [6.07, 6.45) is 0. The number of fused-ring (bicyclic) bond motifs is 12. The van der Waals surface area contributed by atoms with Crippen LogP contribution in [0.4, 0.5) is 0 Å². The number of hydrogen-bond donors (Lipinski definition) is 0. The molecule has 0 spiro atoms. The smallest absolute Gasteiger partial charge is 0.135 e. The van der Waals surface area contributed by atoms with E-state index in [4.69, 9.17) is 8.83 Å². The van der Waals surface area contributed by atoms with Gasteiger partial charge in [-0.25, -0.2) is 0 Å². The van der Waals surface area contributed by atoms with Crippen LogP contribution in [-0.2, 0) is 10.8 Å². The third-order valence-corrected chi connectivity index (χ3v) is 14.6. The maximum absolute atomic E-state index is 6.37. The Morgan fingerprint density at radius 2 is 0.717 bits per heavy atom. The minimum Gasteiger partial charge on any atom is -0.456 e. The Kier molecular flexibility index (Phi) is 5.95. The van der Waals surface area contributed by atoms with Crippen molar-refractivity contribution in [2.24, 2.45) is 0 Å². The van der Waals surface area contributed by atoms with E-state index in [2.05, 4.69) is 173 Å². The molecule has 0 unspecified atom stereocenters. The molecule has 14 rings (SSSR count). The van der Waals surface area contributed by atoms with Gasteiger partial charge in [-0.15, -0.1) is 0 Å². The molecule has 0 radical (unpaired) electrons. The second-order valence-corrected chi connectivity index (χ2v) is 18.4. The van der Waals surface area contributed by atoms with E-state index in [-0.39, 0.29) is 10.8 Å². The highest BCUT2D eigenvalue weighted by Gasteiger charge is 2.38. The molecule has 2 aliphatic rings. The zero-order chi connectivity index (χ0) is 39.8. The molecule has 2 nitrogen and oxygen atoms in total. The van der Waals surface area contributed by atoms with Crippen molar-refractivity contribution in [3.8, 4) is 44.5 Å². The minimum absolute atomic E-state index is 0.134. The van der Waals surface area contributed by atoms with Gasteiger partial charge in [0.25, 0.3) is 0 Å². The van der Waals surface area contributed by atoms with Gasteiger partial charge in [0.2, 0.25) is 0 Å². The first-order valence-electron chi connectivity index (χ1n) is 21.1. The summed E-state index contributed by atoms with van der Waals surface area (Å²) in [6.45, 7) is 9.39. The molecule has 0 N–H and O–H groups in total. The fourth-order valence-electron chi connectivity index (χ4n) is 11.6. The lowest BCUT2D eigenvalue weighted by Crippen LogP contribution is -2.14. The second-order valence-electron chi connectivity index (χ2n) is 18.4. The van der Waals surface area contributed by atoms with Gasteiger partial charge in [0.05, 0.1) is 0 Å². The second kappa shape index (κ2) is 10.9. The summed E-state index contributed by atoms with van der Waals surface area (Å²) >= 11 is 0. The van der Waals surface area contributed by atoms with Gasteiger partial charge in [0, 0.05) is 32.4 Å². The van der Waals surface area contributed by atoms with E-state index in [1.807, 2.05) is 12.1 Å². The summed E-state index contributed by atoms with van der Waals surface area (Å²) in [4.78, 5) is 0. The average molecular weight is 767 g/mol. The van der Waals surface area contributed by atoms with Crippen LogP contribution in [0.3, 0.4) is 0 Å². The Morgan fingerprint density at radius 1 is 0.300 bits per heavy atom. The highest BCUT2D eigenvalue weighted by Crippen LogP contribution is 2.54. The minimum atomic E-state index is -0.134. The summed E-state index contributed by atoms with van der Waals surface area (Å²) in [6, 6.07) is 59.1. The largest absolute Gasteiger partial charge is 0.456 e. The quantitative estimate of drug-likeness (QED) is 0.164. The average Bonchev–Trinajstić information content (AvgIpc) is 3.95. The third kappa shape index (κ3) is 4.04. The highest BCUT2D eigenvalue weighted by atomic mass is 16.3. The van der Waals surface area contributed by atoms with Crippen molar-refractivity contribution in [3.05, 3.63) is 180 Å². The number of benzene rings is 10. The first-order valence-corrected chi connectivity index (χ1v) is 21.1. The van der Waals surface area contributed by atoms with E-state index in [0.29, 0.717) is 0 Å². The summed E-state index contributed by atoms with van der Waals surface area (Å²) in [7, 11) is 0. The lowest BCUT2D eigenvalue weighted by atomic mass is 9.81. The van der Waals surface area contributed by atoms with Crippen LogP contribution in [0.2, 0.25) is 0 Å². The number of para-hydroxylation sites is 2. The van der Waals surface area contributed by atoms with Gasteiger partial charge in [0.15, 0.2) is 0 Å². The van der Waals surface area contributed by atoms with Gasteiger partial charge in [-0.1, -0.05) is 137 Å². The summed E-state index contributed by atoms with van der Waals surface area (Å²) < 4.78 is 12.7. The van der Waals surface area contributed by atoms with E-state index in [0.717, 1.165) is 22.3 Å². The molecule has 0 aliphatic heterocycles. The SMILES string of the molecule is CC1(C)c2ccc(-c3ccc4ccc5c(-c6ccc7c(c6)-c6cc8c(cc6C7(C)C)oc6ccccc68)ccc6ccc3c4c65)cc2-c2cc3c(cc21)oc1ccccc13. The molecule has 12 aromatic rings. The van der Waals surface area contributed by atoms with Crippen LogP contribution in [0.15, 0.2) is 167 Å². The van der Waals surface area contributed by atoms with Crippen molar-refractivity contribution in [2.75, 3.05) is 0 Å². The summed E-state index contributed by atoms with van der Waals surface area (Å²) in [5, 5.41) is 12.5. The molecule has 0 saturated heterocycles.